The first kappa shape index (κ1) is 25.8. The third kappa shape index (κ3) is 14.9. The number of hydrogen-bond acceptors (Lipinski definition) is 6. The van der Waals surface area contributed by atoms with Gasteiger partial charge in [0.2, 0.25) is 11.8 Å². The van der Waals surface area contributed by atoms with E-state index in [4.69, 9.17) is 19.7 Å². The standard InChI is InChI=1S/C18H32N2O8/c1-19(15(21)11-27-13-17(23)24)9-7-5-3-4-6-8-10-20(2)16(22)12-28-14-18(25)26/h3-14H2,1-2H3,(H,23,24)(H,25,26). The van der Waals surface area contributed by atoms with E-state index in [9.17, 15) is 19.2 Å². The van der Waals surface area contributed by atoms with Crippen LogP contribution >= 0.6 is 0 Å². The van der Waals surface area contributed by atoms with Crippen molar-refractivity contribution >= 4 is 23.8 Å². The van der Waals surface area contributed by atoms with Crippen LogP contribution in [0.5, 0.6) is 0 Å². The molecule has 0 aliphatic heterocycles. The van der Waals surface area contributed by atoms with E-state index in [0.29, 0.717) is 13.1 Å². The van der Waals surface area contributed by atoms with Gasteiger partial charge >= 0.3 is 11.9 Å². The fourth-order valence-electron chi connectivity index (χ4n) is 2.33. The molecule has 28 heavy (non-hydrogen) atoms. The van der Waals surface area contributed by atoms with Crippen molar-refractivity contribution in [2.24, 2.45) is 0 Å². The maximum Gasteiger partial charge on any atom is 0.329 e. The maximum absolute atomic E-state index is 11.7. The molecule has 0 spiro atoms. The summed E-state index contributed by atoms with van der Waals surface area (Å²) in [6.07, 6.45) is 5.73. The van der Waals surface area contributed by atoms with Crippen molar-refractivity contribution in [1.29, 1.82) is 0 Å². The van der Waals surface area contributed by atoms with E-state index in [-0.39, 0.29) is 25.0 Å². The molecule has 0 atom stereocenters. The monoisotopic (exact) mass is 404 g/mol. The second-order valence-electron chi connectivity index (χ2n) is 6.52. The lowest BCUT2D eigenvalue weighted by atomic mass is 10.1. The van der Waals surface area contributed by atoms with Crippen LogP contribution in [0, 0.1) is 0 Å². The summed E-state index contributed by atoms with van der Waals surface area (Å²) >= 11 is 0. The molecule has 0 unspecified atom stereocenters. The molecule has 10 heteroatoms. The van der Waals surface area contributed by atoms with Crippen molar-refractivity contribution in [2.75, 3.05) is 53.6 Å². The Morgan fingerprint density at radius 2 is 0.929 bits per heavy atom. The minimum absolute atomic E-state index is 0.226. The van der Waals surface area contributed by atoms with Crippen molar-refractivity contribution in [3.8, 4) is 0 Å². The number of carbonyl (C=O) groups is 4. The lowest BCUT2D eigenvalue weighted by Crippen LogP contribution is -2.32. The van der Waals surface area contributed by atoms with Gasteiger partial charge in [0.05, 0.1) is 0 Å². The van der Waals surface area contributed by atoms with Crippen molar-refractivity contribution in [3.05, 3.63) is 0 Å². The van der Waals surface area contributed by atoms with Crippen molar-refractivity contribution in [1.82, 2.24) is 9.80 Å². The number of aliphatic carboxylic acids is 2. The molecule has 162 valence electrons. The van der Waals surface area contributed by atoms with Crippen molar-refractivity contribution in [2.45, 2.75) is 38.5 Å². The second kappa shape index (κ2) is 15.8. The number of carboxylic acid groups (broad SMARTS) is 2. The minimum Gasteiger partial charge on any atom is -0.480 e. The average Bonchev–Trinajstić information content (AvgIpc) is 2.62. The molecule has 0 aromatic carbocycles. The van der Waals surface area contributed by atoms with Crippen LogP contribution in [0.2, 0.25) is 0 Å². The van der Waals surface area contributed by atoms with E-state index in [1.807, 2.05) is 0 Å². The zero-order valence-electron chi connectivity index (χ0n) is 16.7. The Hall–Kier alpha value is -2.20. The largest absolute Gasteiger partial charge is 0.480 e. The predicted octanol–water partition coefficient (Wildman–Crippen LogP) is 0.446. The first-order valence-corrected chi connectivity index (χ1v) is 9.31. The highest BCUT2D eigenvalue weighted by Crippen LogP contribution is 2.07. The zero-order chi connectivity index (χ0) is 21.4. The smallest absolute Gasteiger partial charge is 0.329 e. The Morgan fingerprint density at radius 3 is 1.25 bits per heavy atom. The number of rotatable bonds is 17. The van der Waals surface area contributed by atoms with E-state index in [1.165, 1.54) is 9.80 Å². The summed E-state index contributed by atoms with van der Waals surface area (Å²) in [4.78, 5) is 47.1. The molecular weight excluding hydrogens is 372 g/mol. The van der Waals surface area contributed by atoms with Crippen LogP contribution in [0.3, 0.4) is 0 Å². The molecule has 0 rings (SSSR count). The fraction of sp³-hybridized carbons (Fsp3) is 0.778. The van der Waals surface area contributed by atoms with Crippen LogP contribution in [0.4, 0.5) is 0 Å². The highest BCUT2D eigenvalue weighted by Gasteiger charge is 2.10. The summed E-state index contributed by atoms with van der Waals surface area (Å²) in [5, 5.41) is 16.9. The van der Waals surface area contributed by atoms with E-state index in [2.05, 4.69) is 0 Å². The van der Waals surface area contributed by atoms with E-state index >= 15 is 0 Å². The topological polar surface area (TPSA) is 134 Å². The van der Waals surface area contributed by atoms with Gasteiger partial charge in [0.25, 0.3) is 0 Å². The number of carbonyl (C=O) groups excluding carboxylic acids is 2. The second-order valence-corrected chi connectivity index (χ2v) is 6.52. The number of likely N-dealkylation sites (N-methyl/N-ethyl adjacent to an activating group) is 2. The van der Waals surface area contributed by atoms with Gasteiger partial charge in [0, 0.05) is 27.2 Å². The Kier molecular flexibility index (Phi) is 14.6. The van der Waals surface area contributed by atoms with Gasteiger partial charge in [-0.3, -0.25) is 9.59 Å². The zero-order valence-corrected chi connectivity index (χ0v) is 16.7. The summed E-state index contributed by atoms with van der Waals surface area (Å²) in [6, 6.07) is 0. The Balaban J connectivity index is 3.58. The van der Waals surface area contributed by atoms with Gasteiger partial charge in [-0.2, -0.15) is 0 Å². The van der Waals surface area contributed by atoms with Gasteiger partial charge in [-0.25, -0.2) is 9.59 Å². The molecule has 0 saturated carbocycles. The van der Waals surface area contributed by atoms with E-state index in [0.717, 1.165) is 38.5 Å². The van der Waals surface area contributed by atoms with E-state index < -0.39 is 25.2 Å². The first-order valence-electron chi connectivity index (χ1n) is 9.31. The van der Waals surface area contributed by atoms with E-state index in [1.54, 1.807) is 14.1 Å². The molecule has 0 aliphatic carbocycles. The quantitative estimate of drug-likeness (QED) is 0.334. The van der Waals surface area contributed by atoms with Gasteiger partial charge in [-0.05, 0) is 12.8 Å². The number of ether oxygens (including phenoxy) is 2. The Morgan fingerprint density at radius 1 is 0.607 bits per heavy atom. The number of nitrogens with zero attached hydrogens (tertiary/aromatic N) is 2. The summed E-state index contributed by atoms with van der Waals surface area (Å²) in [5.41, 5.74) is 0. The molecule has 0 heterocycles. The van der Waals surface area contributed by atoms with Gasteiger partial charge in [-0.15, -0.1) is 0 Å². The predicted molar refractivity (Wildman–Crippen MR) is 99.9 cm³/mol. The van der Waals surface area contributed by atoms with Gasteiger partial charge in [0.1, 0.15) is 26.4 Å². The SMILES string of the molecule is CN(CCCCCCCCN(C)C(=O)COCC(=O)O)C(=O)COCC(=O)O. The molecule has 2 N–H and O–H groups in total. The molecule has 0 bridgehead atoms. The highest BCUT2D eigenvalue weighted by atomic mass is 16.5. The number of hydrogen-bond donors (Lipinski definition) is 2. The molecule has 0 aromatic rings. The molecular formula is C18H32N2O8. The van der Waals surface area contributed by atoms with Crippen molar-refractivity contribution in [3.63, 3.8) is 0 Å². The summed E-state index contributed by atoms with van der Waals surface area (Å²) in [6.45, 7) is -0.204. The molecule has 10 nitrogen and oxygen atoms in total. The average molecular weight is 404 g/mol. The molecule has 0 radical (unpaired) electrons. The minimum atomic E-state index is -1.10. The summed E-state index contributed by atoms with van der Waals surface area (Å²) in [7, 11) is 3.33. The van der Waals surface area contributed by atoms with Crippen LogP contribution in [-0.4, -0.2) is 97.4 Å². The lowest BCUT2D eigenvalue weighted by molar-refractivity contribution is -0.147. The number of amides is 2. The van der Waals surface area contributed by atoms with Crippen LogP contribution in [-0.2, 0) is 28.7 Å². The summed E-state index contributed by atoms with van der Waals surface area (Å²) in [5.74, 6) is -2.67. The molecule has 0 saturated heterocycles. The molecule has 0 aromatic heterocycles. The van der Waals surface area contributed by atoms with Crippen LogP contribution in [0.15, 0.2) is 0 Å². The third-order valence-corrected chi connectivity index (χ3v) is 3.99. The number of carboxylic acids is 2. The molecule has 2 amide bonds. The molecule has 0 aliphatic rings. The van der Waals surface area contributed by atoms with Crippen LogP contribution < -0.4 is 0 Å². The van der Waals surface area contributed by atoms with Gasteiger partial charge < -0.3 is 29.5 Å². The highest BCUT2D eigenvalue weighted by molar-refractivity contribution is 5.78. The van der Waals surface area contributed by atoms with Gasteiger partial charge in [-0.1, -0.05) is 25.7 Å². The van der Waals surface area contributed by atoms with Gasteiger partial charge in [0.15, 0.2) is 0 Å². The number of unbranched alkanes of at least 4 members (excludes halogenated alkanes) is 5. The third-order valence-electron chi connectivity index (χ3n) is 3.99. The Bertz CT molecular complexity index is 454. The Labute approximate surface area is 165 Å². The fourth-order valence-corrected chi connectivity index (χ4v) is 2.33. The summed E-state index contributed by atoms with van der Waals surface area (Å²) < 4.78 is 9.53. The van der Waals surface area contributed by atoms with Crippen LogP contribution in [0.25, 0.3) is 0 Å². The van der Waals surface area contributed by atoms with Crippen LogP contribution in [0.1, 0.15) is 38.5 Å². The normalized spacial score (nSPS) is 10.5. The maximum atomic E-state index is 11.7. The lowest BCUT2D eigenvalue weighted by Gasteiger charge is -2.17. The molecule has 0 fully saturated rings. The first-order chi connectivity index (χ1) is 13.2. The van der Waals surface area contributed by atoms with Crippen molar-refractivity contribution < 1.29 is 38.9 Å².